The maximum Gasteiger partial charge on any atom is 0.242 e. The first-order valence-corrected chi connectivity index (χ1v) is 6.06. The van der Waals surface area contributed by atoms with E-state index in [2.05, 4.69) is 15.0 Å². The summed E-state index contributed by atoms with van der Waals surface area (Å²) in [5.74, 6) is 0.00648. The van der Waals surface area contributed by atoms with Gasteiger partial charge in [-0.1, -0.05) is 0 Å². The fourth-order valence-corrected chi connectivity index (χ4v) is 2.56. The Morgan fingerprint density at radius 3 is 2.84 bits per heavy atom. The van der Waals surface area contributed by atoms with E-state index in [-0.39, 0.29) is 6.42 Å². The monoisotopic (exact) mass is 281 g/mol. The van der Waals surface area contributed by atoms with Crippen molar-refractivity contribution in [2.24, 2.45) is 5.73 Å². The molecule has 0 unspecified atom stereocenters. The van der Waals surface area contributed by atoms with Crippen molar-refractivity contribution in [2.45, 2.75) is 25.8 Å². The van der Waals surface area contributed by atoms with Crippen LogP contribution in [0.1, 0.15) is 20.3 Å². The van der Waals surface area contributed by atoms with Gasteiger partial charge in [0.15, 0.2) is 10.4 Å². The molecule has 0 fully saturated rings. The number of amides is 1. The Morgan fingerprint density at radius 1 is 1.58 bits per heavy atom. The van der Waals surface area contributed by atoms with Crippen molar-refractivity contribution in [3.05, 3.63) is 11.1 Å². The van der Waals surface area contributed by atoms with Crippen molar-refractivity contribution in [2.75, 3.05) is 7.11 Å². The first kappa shape index (κ1) is 13.5. The van der Waals surface area contributed by atoms with E-state index in [4.69, 9.17) is 22.7 Å². The molecule has 2 aromatic rings. The Kier molecular flexibility index (Phi) is 3.27. The normalized spacial score (nSPS) is 11.7. The molecule has 8 heteroatoms. The summed E-state index contributed by atoms with van der Waals surface area (Å²) >= 11 is 5.29. The molecule has 0 aromatic carbocycles. The number of primary amides is 1. The summed E-state index contributed by atoms with van der Waals surface area (Å²) < 4.78 is 7.36. The van der Waals surface area contributed by atoms with E-state index in [9.17, 15) is 4.79 Å². The van der Waals surface area contributed by atoms with Crippen molar-refractivity contribution in [1.29, 1.82) is 0 Å². The number of nitrogens with zero attached hydrogens (tertiary/aromatic N) is 3. The average Bonchev–Trinajstić information content (AvgIpc) is 2.63. The zero-order chi connectivity index (χ0) is 14.2. The quantitative estimate of drug-likeness (QED) is 0.818. The molecule has 0 spiro atoms. The molecule has 7 nitrogen and oxygen atoms in total. The highest BCUT2D eigenvalue weighted by atomic mass is 32.1. The molecule has 2 rings (SSSR count). The minimum atomic E-state index is -0.583. The van der Waals surface area contributed by atoms with Crippen LogP contribution >= 0.6 is 12.2 Å². The predicted molar refractivity (Wildman–Crippen MR) is 72.4 cm³/mol. The van der Waals surface area contributed by atoms with Gasteiger partial charge in [-0.3, -0.25) is 9.36 Å². The summed E-state index contributed by atoms with van der Waals surface area (Å²) in [6.07, 6.45) is 1.54. The number of fused-ring (bicyclic) bond motifs is 1. The minimum absolute atomic E-state index is 0.153. The molecule has 19 heavy (non-hydrogen) atoms. The lowest BCUT2D eigenvalue weighted by molar-refractivity contribution is -0.119. The van der Waals surface area contributed by atoms with E-state index in [1.807, 2.05) is 13.8 Å². The molecule has 1 amide bonds. The van der Waals surface area contributed by atoms with E-state index >= 15 is 0 Å². The highest BCUT2D eigenvalue weighted by Gasteiger charge is 2.27. The number of H-pyrrole nitrogens is 1. The number of nitrogens with two attached hydrogens (primary N) is 1. The number of carbonyl (C=O) groups excluding carboxylic acids is 1. The maximum absolute atomic E-state index is 11.2. The minimum Gasteiger partial charge on any atom is -0.479 e. The number of hydrogen-bond acceptors (Lipinski definition) is 5. The molecule has 0 radical (unpaired) electrons. The summed E-state index contributed by atoms with van der Waals surface area (Å²) in [4.78, 5) is 22.4. The third kappa shape index (κ3) is 2.30. The average molecular weight is 281 g/mol. The lowest BCUT2D eigenvalue weighted by atomic mass is 10.00. The Labute approximate surface area is 114 Å². The van der Waals surface area contributed by atoms with Crippen LogP contribution in [0.15, 0.2) is 6.33 Å². The van der Waals surface area contributed by atoms with Gasteiger partial charge in [0.2, 0.25) is 11.8 Å². The van der Waals surface area contributed by atoms with Gasteiger partial charge in [0, 0.05) is 6.42 Å². The largest absolute Gasteiger partial charge is 0.479 e. The number of rotatable bonds is 4. The van der Waals surface area contributed by atoms with Gasteiger partial charge in [-0.2, -0.15) is 4.98 Å². The number of hydrogen-bond donors (Lipinski definition) is 2. The van der Waals surface area contributed by atoms with E-state index in [1.165, 1.54) is 13.4 Å². The van der Waals surface area contributed by atoms with Crippen molar-refractivity contribution in [3.63, 3.8) is 0 Å². The summed E-state index contributed by atoms with van der Waals surface area (Å²) in [7, 11) is 1.52. The third-order valence-electron chi connectivity index (χ3n) is 2.84. The molecule has 0 aliphatic heterocycles. The van der Waals surface area contributed by atoms with E-state index in [1.54, 1.807) is 4.57 Å². The van der Waals surface area contributed by atoms with Crippen LogP contribution in [0.25, 0.3) is 11.2 Å². The molecular weight excluding hydrogens is 266 g/mol. The molecule has 0 saturated carbocycles. The van der Waals surface area contributed by atoms with Gasteiger partial charge in [0.1, 0.15) is 11.8 Å². The molecule has 2 aromatic heterocycles. The third-order valence-corrected chi connectivity index (χ3v) is 3.13. The molecular formula is C11H15N5O2S. The molecule has 0 bridgehead atoms. The number of nitrogens with one attached hydrogen (secondary N) is 1. The van der Waals surface area contributed by atoms with Crippen molar-refractivity contribution < 1.29 is 9.53 Å². The van der Waals surface area contributed by atoms with Crippen molar-refractivity contribution in [1.82, 2.24) is 19.5 Å². The number of aromatic amines is 1. The van der Waals surface area contributed by atoms with E-state index < -0.39 is 11.4 Å². The second-order valence-electron chi connectivity index (χ2n) is 4.80. The lowest BCUT2D eigenvalue weighted by Crippen LogP contribution is -2.32. The Balaban J connectivity index is 2.71. The maximum atomic E-state index is 11.2. The zero-order valence-corrected chi connectivity index (χ0v) is 11.7. The topological polar surface area (TPSA) is 98.8 Å². The molecule has 0 saturated heterocycles. The summed E-state index contributed by atoms with van der Waals surface area (Å²) in [5, 5.41) is 0. The Bertz CT molecular complexity index is 688. The highest BCUT2D eigenvalue weighted by Crippen LogP contribution is 2.28. The van der Waals surface area contributed by atoms with Gasteiger partial charge in [-0.05, 0) is 26.1 Å². The summed E-state index contributed by atoms with van der Waals surface area (Å²) in [6, 6.07) is 0. The molecule has 0 aliphatic rings. The standard InChI is InChI=1S/C11H15N5O2S/c1-11(2,4-6(12)17)16-8-7(15-10(16)19)9(18-3)14-5-13-8/h5H,4H2,1-3H3,(H2,12,17)(H,15,19). The molecule has 0 aliphatic carbocycles. The van der Waals surface area contributed by atoms with Crippen LogP contribution in [0.2, 0.25) is 0 Å². The first-order valence-electron chi connectivity index (χ1n) is 5.65. The molecule has 2 heterocycles. The van der Waals surface area contributed by atoms with Gasteiger partial charge in [-0.25, -0.2) is 4.98 Å². The van der Waals surface area contributed by atoms with Crippen LogP contribution < -0.4 is 10.5 Å². The molecule has 3 N–H and O–H groups in total. The summed E-state index contributed by atoms with van der Waals surface area (Å²) in [5.41, 5.74) is 5.89. The molecule has 102 valence electrons. The zero-order valence-electron chi connectivity index (χ0n) is 10.9. The fourth-order valence-electron chi connectivity index (χ4n) is 2.12. The first-order chi connectivity index (χ1) is 8.86. The lowest BCUT2D eigenvalue weighted by Gasteiger charge is -2.25. The van der Waals surface area contributed by atoms with Gasteiger partial charge in [0.25, 0.3) is 0 Å². The summed E-state index contributed by atoms with van der Waals surface area (Å²) in [6.45, 7) is 3.74. The van der Waals surface area contributed by atoms with Crippen molar-refractivity contribution >= 4 is 29.3 Å². The van der Waals surface area contributed by atoms with Gasteiger partial charge < -0.3 is 15.5 Å². The SMILES string of the molecule is COc1ncnc2c1[nH]c(=S)n2C(C)(C)CC(N)=O. The number of ether oxygens (including phenoxy) is 1. The van der Waals surface area contributed by atoms with Crippen LogP contribution in [0.3, 0.4) is 0 Å². The van der Waals surface area contributed by atoms with Crippen LogP contribution in [-0.2, 0) is 10.3 Å². The highest BCUT2D eigenvalue weighted by molar-refractivity contribution is 7.71. The second-order valence-corrected chi connectivity index (χ2v) is 5.19. The Morgan fingerprint density at radius 2 is 2.26 bits per heavy atom. The van der Waals surface area contributed by atoms with Crippen LogP contribution in [0, 0.1) is 4.77 Å². The van der Waals surface area contributed by atoms with E-state index in [0.29, 0.717) is 21.8 Å². The predicted octanol–water partition coefficient (Wildman–Crippen LogP) is 1.11. The van der Waals surface area contributed by atoms with Gasteiger partial charge in [-0.15, -0.1) is 0 Å². The van der Waals surface area contributed by atoms with Crippen LogP contribution in [-0.4, -0.2) is 32.5 Å². The number of aromatic nitrogens is 4. The smallest absolute Gasteiger partial charge is 0.242 e. The van der Waals surface area contributed by atoms with Crippen molar-refractivity contribution in [3.8, 4) is 5.88 Å². The van der Waals surface area contributed by atoms with Crippen LogP contribution in [0.5, 0.6) is 5.88 Å². The molecule has 0 atom stereocenters. The number of imidazole rings is 1. The second kappa shape index (κ2) is 4.61. The van der Waals surface area contributed by atoms with Gasteiger partial charge in [0.05, 0.1) is 12.6 Å². The van der Waals surface area contributed by atoms with E-state index in [0.717, 1.165) is 0 Å². The number of carbonyl (C=O) groups is 1. The Hall–Kier alpha value is -1.96. The van der Waals surface area contributed by atoms with Gasteiger partial charge >= 0.3 is 0 Å². The number of methoxy groups -OCH3 is 1. The van der Waals surface area contributed by atoms with Crippen LogP contribution in [0.4, 0.5) is 0 Å². The fraction of sp³-hybridized carbons (Fsp3) is 0.455.